The summed E-state index contributed by atoms with van der Waals surface area (Å²) >= 11 is 0. The molecule has 2 saturated heterocycles. The third-order valence-corrected chi connectivity index (χ3v) is 6.18. The molecule has 0 aliphatic carbocycles. The highest BCUT2D eigenvalue weighted by molar-refractivity contribution is 5.93. The predicted molar refractivity (Wildman–Crippen MR) is 108 cm³/mol. The summed E-state index contributed by atoms with van der Waals surface area (Å²) in [4.78, 5) is 36.8. The molecule has 0 aromatic carbocycles. The number of nitrogens with two attached hydrogens (primary N) is 1. The molecule has 2 fully saturated rings. The number of nitrogens with one attached hydrogen (secondary N) is 1. The molecule has 2 unspecified atom stereocenters. The molecule has 11 atom stereocenters. The maximum absolute atomic E-state index is 13.1. The Kier molecular flexibility index (Phi) is 8.74. The molecule has 0 spiro atoms. The third kappa shape index (κ3) is 4.56. The number of hydrogen-bond acceptors (Lipinski definition) is 13. The molecule has 1 amide bonds. The van der Waals surface area contributed by atoms with Crippen LogP contribution in [0.25, 0.3) is 0 Å². The number of carbonyl (C=O) groups excluding carboxylic acids is 2. The fraction of sp³-hybridized carbons (Fsp3) is 0.842. The first-order chi connectivity index (χ1) is 15.7. The molecule has 0 aromatic heterocycles. The highest BCUT2D eigenvalue weighted by atomic mass is 16.7. The zero-order chi connectivity index (χ0) is 26.2. The van der Waals surface area contributed by atoms with Crippen LogP contribution in [-0.4, -0.2) is 133 Å². The summed E-state index contributed by atoms with van der Waals surface area (Å²) in [5, 5.41) is 74.0. The van der Waals surface area contributed by atoms with Gasteiger partial charge in [0.15, 0.2) is 17.4 Å². The highest BCUT2D eigenvalue weighted by Crippen LogP contribution is 2.45. The normalized spacial score (nSPS) is 43.7. The van der Waals surface area contributed by atoms with E-state index in [-0.39, 0.29) is 0 Å². The second-order valence-electron chi connectivity index (χ2n) is 8.44. The summed E-state index contributed by atoms with van der Waals surface area (Å²) < 4.78 is 16.4. The number of rotatable bonds is 8. The second-order valence-corrected chi connectivity index (χ2v) is 8.44. The van der Waals surface area contributed by atoms with E-state index in [0.717, 1.165) is 20.8 Å². The van der Waals surface area contributed by atoms with Crippen LogP contribution < -0.4 is 11.1 Å². The molecule has 10 N–H and O–H groups in total. The van der Waals surface area contributed by atoms with Crippen LogP contribution >= 0.6 is 0 Å². The number of carboxylic acid groups (broad SMARTS) is 1. The lowest BCUT2D eigenvalue weighted by Crippen LogP contribution is -2.87. The number of ether oxygens (including phenoxy) is 3. The number of carbonyl (C=O) groups is 3. The number of hydrogen-bond donors (Lipinski definition) is 9. The molecule has 15 nitrogen and oxygen atoms in total. The SMILES string of the molecule is CC(=O)N[C@]1(C(C)=O)[C@@H](O[C@H](C)C(=O)O)[C@H](O)[C@@H](CO)OC1(O)C1O[C@H](CO)[C@@H](O)[C@H](O)[C@H]1N. The molecule has 0 saturated carbocycles. The van der Waals surface area contributed by atoms with Crippen molar-refractivity contribution >= 4 is 17.7 Å². The Bertz CT molecular complexity index is 781. The summed E-state index contributed by atoms with van der Waals surface area (Å²) in [6, 6.07) is -1.71. The molecule has 0 radical (unpaired) electrons. The minimum absolute atomic E-state index is 0.868. The van der Waals surface area contributed by atoms with Crippen molar-refractivity contribution in [2.45, 2.75) is 87.0 Å². The summed E-state index contributed by atoms with van der Waals surface area (Å²) in [7, 11) is 0. The number of aliphatic hydroxyl groups is 6. The molecule has 2 rings (SSSR count). The Morgan fingerprint density at radius 1 is 1.06 bits per heavy atom. The molecule has 2 aliphatic heterocycles. The Hall–Kier alpha value is -1.79. The topological polar surface area (TPSA) is 259 Å². The third-order valence-electron chi connectivity index (χ3n) is 6.18. The van der Waals surface area contributed by atoms with Gasteiger partial charge in [0.05, 0.1) is 19.3 Å². The van der Waals surface area contributed by atoms with Crippen LogP contribution in [0.1, 0.15) is 20.8 Å². The monoisotopic (exact) mass is 496 g/mol. The molecule has 2 aliphatic rings. The van der Waals surface area contributed by atoms with E-state index >= 15 is 0 Å². The quantitative estimate of drug-likeness (QED) is 0.152. The number of carboxylic acids is 1. The van der Waals surface area contributed by atoms with Crippen LogP contribution in [0, 0.1) is 0 Å². The zero-order valence-electron chi connectivity index (χ0n) is 18.8. The smallest absolute Gasteiger partial charge is 0.332 e. The molecule has 196 valence electrons. The van der Waals surface area contributed by atoms with Crippen molar-refractivity contribution in [3.63, 3.8) is 0 Å². The van der Waals surface area contributed by atoms with E-state index in [4.69, 9.17) is 19.9 Å². The van der Waals surface area contributed by atoms with Gasteiger partial charge in [-0.3, -0.25) is 9.59 Å². The van der Waals surface area contributed by atoms with Gasteiger partial charge in [0.1, 0.15) is 42.7 Å². The van der Waals surface area contributed by atoms with Crippen LogP contribution in [0.3, 0.4) is 0 Å². The zero-order valence-corrected chi connectivity index (χ0v) is 18.8. The Balaban J connectivity index is 2.80. The van der Waals surface area contributed by atoms with E-state index in [1.807, 2.05) is 0 Å². The van der Waals surface area contributed by atoms with Crippen molar-refractivity contribution in [2.75, 3.05) is 13.2 Å². The van der Waals surface area contributed by atoms with E-state index < -0.39 is 97.1 Å². The van der Waals surface area contributed by atoms with Crippen molar-refractivity contribution in [3.05, 3.63) is 0 Å². The van der Waals surface area contributed by atoms with Crippen molar-refractivity contribution in [2.24, 2.45) is 5.73 Å². The number of aliphatic carboxylic acids is 1. The first-order valence-corrected chi connectivity index (χ1v) is 10.4. The summed E-state index contributed by atoms with van der Waals surface area (Å²) in [6.45, 7) is 1.04. The van der Waals surface area contributed by atoms with Crippen molar-refractivity contribution in [3.8, 4) is 0 Å². The van der Waals surface area contributed by atoms with E-state index in [1.165, 1.54) is 0 Å². The molecular weight excluding hydrogens is 464 g/mol. The van der Waals surface area contributed by atoms with Crippen LogP contribution in [0.4, 0.5) is 0 Å². The average molecular weight is 496 g/mol. The van der Waals surface area contributed by atoms with Crippen LogP contribution in [0.15, 0.2) is 0 Å². The fourth-order valence-corrected chi connectivity index (χ4v) is 4.42. The maximum Gasteiger partial charge on any atom is 0.332 e. The largest absolute Gasteiger partial charge is 0.479 e. The lowest BCUT2D eigenvalue weighted by Gasteiger charge is -2.60. The van der Waals surface area contributed by atoms with Gasteiger partial charge in [-0.15, -0.1) is 0 Å². The van der Waals surface area contributed by atoms with E-state index in [0.29, 0.717) is 0 Å². The summed E-state index contributed by atoms with van der Waals surface area (Å²) in [5.41, 5.74) is 3.18. The minimum Gasteiger partial charge on any atom is -0.479 e. The van der Waals surface area contributed by atoms with E-state index in [9.17, 15) is 50.1 Å². The number of ketones is 1. The van der Waals surface area contributed by atoms with Crippen LogP contribution in [0.5, 0.6) is 0 Å². The van der Waals surface area contributed by atoms with Gasteiger partial charge in [-0.2, -0.15) is 0 Å². The second kappa shape index (κ2) is 10.4. The fourth-order valence-electron chi connectivity index (χ4n) is 4.42. The van der Waals surface area contributed by atoms with Gasteiger partial charge in [0.25, 0.3) is 0 Å². The van der Waals surface area contributed by atoms with Gasteiger partial charge >= 0.3 is 5.97 Å². The van der Waals surface area contributed by atoms with Gasteiger partial charge in [-0.1, -0.05) is 0 Å². The summed E-state index contributed by atoms with van der Waals surface area (Å²) in [6.07, 6.45) is -14.5. The molecule has 2 heterocycles. The van der Waals surface area contributed by atoms with Crippen molar-refractivity contribution in [1.82, 2.24) is 5.32 Å². The molecule has 0 bridgehead atoms. The van der Waals surface area contributed by atoms with E-state index in [1.54, 1.807) is 0 Å². The molecule has 15 heteroatoms. The Morgan fingerprint density at radius 2 is 1.62 bits per heavy atom. The molecular formula is C19H32N2O13. The van der Waals surface area contributed by atoms with Crippen molar-refractivity contribution < 1.29 is 64.3 Å². The Labute approximate surface area is 194 Å². The van der Waals surface area contributed by atoms with Crippen molar-refractivity contribution in [1.29, 1.82) is 0 Å². The highest BCUT2D eigenvalue weighted by Gasteiger charge is 2.73. The van der Waals surface area contributed by atoms with Gasteiger partial charge in [-0.05, 0) is 13.8 Å². The van der Waals surface area contributed by atoms with Crippen LogP contribution in [-0.2, 0) is 28.6 Å². The van der Waals surface area contributed by atoms with Gasteiger partial charge in [0, 0.05) is 6.92 Å². The predicted octanol–water partition coefficient (Wildman–Crippen LogP) is -5.44. The lowest BCUT2D eigenvalue weighted by molar-refractivity contribution is -0.392. The Morgan fingerprint density at radius 3 is 2.06 bits per heavy atom. The van der Waals surface area contributed by atoms with Crippen LogP contribution in [0.2, 0.25) is 0 Å². The van der Waals surface area contributed by atoms with E-state index in [2.05, 4.69) is 5.32 Å². The first kappa shape index (κ1) is 28.4. The first-order valence-electron chi connectivity index (χ1n) is 10.4. The average Bonchev–Trinajstić information content (AvgIpc) is 2.76. The number of aliphatic hydroxyl groups excluding tert-OH is 5. The number of Topliss-reactive ketones (excluding diaryl/α,β-unsaturated/α-hetero) is 1. The van der Waals surface area contributed by atoms with Gasteiger partial charge in [-0.25, -0.2) is 4.79 Å². The standard InChI is InChI=1S/C19H32N2O13/c1-6(17(29)30)32-16-13(27)10(5-23)34-19(31,18(16,7(2)24)21-8(3)25)15-11(20)14(28)12(26)9(4-22)33-15/h6,9-16,22-23,26-28,31H,4-5,20H2,1-3H3,(H,21,25)(H,29,30)/t6-,9-,10-,11-,12-,13-,14-,15?,16+,18-,19?/m1/s1. The summed E-state index contributed by atoms with van der Waals surface area (Å²) in [5.74, 6) is -6.69. The molecule has 0 aromatic rings. The number of amides is 1. The van der Waals surface area contributed by atoms with Gasteiger partial charge < -0.3 is 61.0 Å². The van der Waals surface area contributed by atoms with Gasteiger partial charge in [0.2, 0.25) is 11.7 Å². The maximum atomic E-state index is 13.1. The lowest BCUT2D eigenvalue weighted by atomic mass is 9.69. The molecule has 34 heavy (non-hydrogen) atoms. The minimum atomic E-state index is -3.12.